The van der Waals surface area contributed by atoms with Gasteiger partial charge < -0.3 is 5.32 Å². The van der Waals surface area contributed by atoms with Crippen LogP contribution in [0.2, 0.25) is 0 Å². The molecule has 0 aromatic heterocycles. The van der Waals surface area contributed by atoms with Gasteiger partial charge in [0.2, 0.25) is 5.91 Å². The summed E-state index contributed by atoms with van der Waals surface area (Å²) in [5, 5.41) is 13.0. The maximum atomic E-state index is 11.4. The standard InChI is InChI=1S/C14H26NO3/c1-2-3-4-5-7-10-13(16)15-12-9-6-8-11-14(17)18/h2-12H2,1H3,(H,15,16). The van der Waals surface area contributed by atoms with Gasteiger partial charge in [-0.2, -0.15) is 0 Å². The Balaban J connectivity index is 3.19. The van der Waals surface area contributed by atoms with Gasteiger partial charge in [0.15, 0.2) is 0 Å². The van der Waals surface area contributed by atoms with Gasteiger partial charge in [-0.15, -0.1) is 0 Å². The molecule has 1 N–H and O–H groups in total. The second-order valence-electron chi connectivity index (χ2n) is 4.70. The molecule has 0 aromatic carbocycles. The van der Waals surface area contributed by atoms with Gasteiger partial charge in [-0.05, 0) is 19.3 Å². The zero-order valence-electron chi connectivity index (χ0n) is 11.5. The topological polar surface area (TPSA) is 66.1 Å². The van der Waals surface area contributed by atoms with Gasteiger partial charge in [-0.3, -0.25) is 4.79 Å². The van der Waals surface area contributed by atoms with Crippen molar-refractivity contribution in [1.82, 2.24) is 5.32 Å². The van der Waals surface area contributed by atoms with Gasteiger partial charge in [0.1, 0.15) is 0 Å². The SMILES string of the molecule is CCCCCCCC(=O)NCCCCCC([O])=O. The molecule has 0 atom stereocenters. The molecule has 4 heteroatoms. The lowest BCUT2D eigenvalue weighted by molar-refractivity contribution is -0.143. The van der Waals surface area contributed by atoms with Crippen molar-refractivity contribution in [3.63, 3.8) is 0 Å². The van der Waals surface area contributed by atoms with E-state index in [-0.39, 0.29) is 12.3 Å². The van der Waals surface area contributed by atoms with Crippen LogP contribution in [0.1, 0.15) is 71.1 Å². The Kier molecular flexibility index (Phi) is 11.7. The number of rotatable bonds is 12. The summed E-state index contributed by atoms with van der Waals surface area (Å²) < 4.78 is 0. The van der Waals surface area contributed by atoms with Gasteiger partial charge in [-0.1, -0.05) is 39.0 Å². The second-order valence-corrected chi connectivity index (χ2v) is 4.70. The van der Waals surface area contributed by atoms with Crippen molar-refractivity contribution in [2.45, 2.75) is 71.1 Å². The summed E-state index contributed by atoms with van der Waals surface area (Å²) >= 11 is 0. The zero-order valence-corrected chi connectivity index (χ0v) is 11.5. The lowest BCUT2D eigenvalue weighted by Crippen LogP contribution is -2.23. The van der Waals surface area contributed by atoms with E-state index in [9.17, 15) is 14.7 Å². The van der Waals surface area contributed by atoms with Crippen LogP contribution >= 0.6 is 0 Å². The molecule has 0 aliphatic rings. The van der Waals surface area contributed by atoms with E-state index >= 15 is 0 Å². The Morgan fingerprint density at radius 3 is 2.11 bits per heavy atom. The van der Waals surface area contributed by atoms with Crippen LogP contribution in [0.25, 0.3) is 0 Å². The Morgan fingerprint density at radius 2 is 1.44 bits per heavy atom. The summed E-state index contributed by atoms with van der Waals surface area (Å²) in [6.07, 6.45) is 8.82. The molecule has 1 radical (unpaired) electrons. The highest BCUT2D eigenvalue weighted by atomic mass is 16.4. The second kappa shape index (κ2) is 12.4. The third kappa shape index (κ3) is 13.0. The summed E-state index contributed by atoms with van der Waals surface area (Å²) in [5.41, 5.74) is 0. The van der Waals surface area contributed by atoms with E-state index in [1.807, 2.05) is 0 Å². The molecule has 18 heavy (non-hydrogen) atoms. The zero-order chi connectivity index (χ0) is 13.6. The van der Waals surface area contributed by atoms with Crippen LogP contribution in [-0.4, -0.2) is 18.4 Å². The highest BCUT2D eigenvalue weighted by molar-refractivity contribution is 5.75. The van der Waals surface area contributed by atoms with Gasteiger partial charge >= 0.3 is 5.97 Å². The quantitative estimate of drug-likeness (QED) is 0.545. The molecule has 105 valence electrons. The lowest BCUT2D eigenvalue weighted by atomic mass is 10.1. The van der Waals surface area contributed by atoms with Crippen molar-refractivity contribution in [2.24, 2.45) is 0 Å². The molecule has 0 saturated heterocycles. The van der Waals surface area contributed by atoms with Crippen molar-refractivity contribution in [2.75, 3.05) is 6.54 Å². The van der Waals surface area contributed by atoms with E-state index in [0.29, 0.717) is 19.4 Å². The van der Waals surface area contributed by atoms with Gasteiger partial charge in [0.05, 0.1) is 6.42 Å². The first-order chi connectivity index (χ1) is 8.66. The molecule has 0 saturated carbocycles. The van der Waals surface area contributed by atoms with Crippen molar-refractivity contribution in [1.29, 1.82) is 0 Å². The third-order valence-corrected chi connectivity index (χ3v) is 2.89. The molecule has 0 rings (SSSR count). The summed E-state index contributed by atoms with van der Waals surface area (Å²) in [6.45, 7) is 2.83. The number of carbonyl (C=O) groups excluding carboxylic acids is 2. The average molecular weight is 256 g/mol. The molecule has 0 spiro atoms. The highest BCUT2D eigenvalue weighted by Crippen LogP contribution is 2.05. The molecule has 0 unspecified atom stereocenters. The maximum absolute atomic E-state index is 11.4. The van der Waals surface area contributed by atoms with E-state index in [1.54, 1.807) is 0 Å². The molecule has 4 nitrogen and oxygen atoms in total. The fourth-order valence-electron chi connectivity index (χ4n) is 1.78. The molecule has 0 heterocycles. The number of amides is 1. The predicted molar refractivity (Wildman–Crippen MR) is 70.5 cm³/mol. The lowest BCUT2D eigenvalue weighted by Gasteiger charge is -2.04. The van der Waals surface area contributed by atoms with E-state index in [0.717, 1.165) is 25.7 Å². The minimum Gasteiger partial charge on any atom is -0.356 e. The number of unbranched alkanes of at least 4 members (excludes halogenated alkanes) is 6. The minimum absolute atomic E-state index is 0.116. The molecular weight excluding hydrogens is 230 g/mol. The molecule has 0 aromatic rings. The molecular formula is C14H26NO3. The Morgan fingerprint density at radius 1 is 0.833 bits per heavy atom. The molecule has 0 fully saturated rings. The summed E-state index contributed by atoms with van der Waals surface area (Å²) in [6, 6.07) is 0. The normalized spacial score (nSPS) is 10.3. The van der Waals surface area contributed by atoms with Crippen LogP contribution in [0.5, 0.6) is 0 Å². The summed E-state index contributed by atoms with van der Waals surface area (Å²) in [7, 11) is 0. The Bertz CT molecular complexity index is 229. The number of carbonyl (C=O) groups is 2. The van der Waals surface area contributed by atoms with Crippen molar-refractivity contribution >= 4 is 11.9 Å². The van der Waals surface area contributed by atoms with Gasteiger partial charge in [-0.25, -0.2) is 9.90 Å². The van der Waals surface area contributed by atoms with Crippen LogP contribution in [0.3, 0.4) is 0 Å². The minimum atomic E-state index is -0.994. The van der Waals surface area contributed by atoms with Crippen LogP contribution < -0.4 is 5.32 Å². The van der Waals surface area contributed by atoms with Crippen molar-refractivity contribution in [3.05, 3.63) is 0 Å². The van der Waals surface area contributed by atoms with Crippen LogP contribution in [0, 0.1) is 0 Å². The number of hydrogen-bond donors (Lipinski definition) is 1. The average Bonchev–Trinajstić information content (AvgIpc) is 2.33. The molecule has 0 aliphatic carbocycles. The summed E-state index contributed by atoms with van der Waals surface area (Å²) in [5.74, 6) is -0.877. The largest absolute Gasteiger partial charge is 0.356 e. The number of nitrogens with one attached hydrogen (secondary N) is 1. The molecule has 1 amide bonds. The third-order valence-electron chi connectivity index (χ3n) is 2.89. The maximum Gasteiger partial charge on any atom is 0.355 e. The monoisotopic (exact) mass is 256 g/mol. The molecule has 0 bridgehead atoms. The van der Waals surface area contributed by atoms with Gasteiger partial charge in [0.25, 0.3) is 0 Å². The summed E-state index contributed by atoms with van der Waals surface area (Å²) in [4.78, 5) is 21.6. The van der Waals surface area contributed by atoms with Crippen LogP contribution in [-0.2, 0) is 14.7 Å². The van der Waals surface area contributed by atoms with Crippen molar-refractivity contribution < 1.29 is 14.7 Å². The van der Waals surface area contributed by atoms with Crippen LogP contribution in [0.4, 0.5) is 0 Å². The first-order valence-electron chi connectivity index (χ1n) is 7.13. The first-order valence-corrected chi connectivity index (χ1v) is 7.13. The fourth-order valence-corrected chi connectivity index (χ4v) is 1.78. The smallest absolute Gasteiger partial charge is 0.355 e. The van der Waals surface area contributed by atoms with E-state index in [2.05, 4.69) is 12.2 Å². The van der Waals surface area contributed by atoms with E-state index in [1.165, 1.54) is 19.3 Å². The Hall–Kier alpha value is -1.06. The highest BCUT2D eigenvalue weighted by Gasteiger charge is 2.01. The molecule has 0 aliphatic heterocycles. The fraction of sp³-hybridized carbons (Fsp3) is 0.857. The Labute approximate surface area is 110 Å². The first kappa shape index (κ1) is 16.9. The predicted octanol–water partition coefficient (Wildman–Crippen LogP) is 2.98. The van der Waals surface area contributed by atoms with Crippen LogP contribution in [0.15, 0.2) is 0 Å². The van der Waals surface area contributed by atoms with E-state index < -0.39 is 5.97 Å². The van der Waals surface area contributed by atoms with E-state index in [4.69, 9.17) is 0 Å². The van der Waals surface area contributed by atoms with Crippen molar-refractivity contribution in [3.8, 4) is 0 Å². The number of hydrogen-bond acceptors (Lipinski definition) is 2. The van der Waals surface area contributed by atoms with Gasteiger partial charge in [0, 0.05) is 13.0 Å².